The maximum atomic E-state index is 5.26. The fourth-order valence-electron chi connectivity index (χ4n) is 3.82. The number of thioether (sulfide) groups is 2. The third-order valence-electron chi connectivity index (χ3n) is 5.93. The Hall–Kier alpha value is -2.88. The van der Waals surface area contributed by atoms with Gasteiger partial charge in [0.25, 0.3) is 0 Å². The molecule has 4 rings (SSSR count). The van der Waals surface area contributed by atoms with Crippen LogP contribution < -0.4 is 21.3 Å². The molecule has 0 spiro atoms. The van der Waals surface area contributed by atoms with Gasteiger partial charge in [-0.1, -0.05) is 97.0 Å². The number of aromatic amines is 2. The molecule has 2 aromatic heterocycles. The van der Waals surface area contributed by atoms with Crippen LogP contribution in [0.3, 0.4) is 0 Å². The van der Waals surface area contributed by atoms with Gasteiger partial charge in [0, 0.05) is 24.8 Å². The molecule has 14 heteroatoms. The summed E-state index contributed by atoms with van der Waals surface area (Å²) in [7, 11) is 0. The first-order valence-corrected chi connectivity index (χ1v) is 16.6. The van der Waals surface area contributed by atoms with Crippen molar-refractivity contribution in [3.05, 3.63) is 81.3 Å². The zero-order chi connectivity index (χ0) is 29.2. The van der Waals surface area contributed by atoms with E-state index in [9.17, 15) is 0 Å². The van der Waals surface area contributed by atoms with Crippen molar-refractivity contribution in [2.24, 2.45) is 0 Å². The molecule has 0 unspecified atom stereocenters. The van der Waals surface area contributed by atoms with Gasteiger partial charge in [-0.15, -0.1) is 0 Å². The number of rotatable bonds is 19. The fraction of sp³-hybridized carbons (Fsp3) is 0.357. The van der Waals surface area contributed by atoms with Gasteiger partial charge in [0.2, 0.25) is 21.4 Å². The molecule has 2 aromatic carbocycles. The second-order valence-electron chi connectivity index (χ2n) is 9.24. The molecule has 0 aliphatic rings. The Balaban J connectivity index is 1.01. The predicted octanol–water partition coefficient (Wildman–Crippen LogP) is 6.14. The zero-order valence-corrected chi connectivity index (χ0v) is 26.5. The van der Waals surface area contributed by atoms with Crippen LogP contribution in [0.15, 0.2) is 71.0 Å². The van der Waals surface area contributed by atoms with Crippen LogP contribution in [0.5, 0.6) is 0 Å². The molecular weight excluding hydrogens is 605 g/mol. The largest absolute Gasteiger partial charge is 0.352 e. The molecule has 0 aliphatic carbocycles. The molecule has 0 radical (unpaired) electrons. The molecule has 0 saturated heterocycles. The van der Waals surface area contributed by atoms with Crippen LogP contribution in [0.4, 0.5) is 11.9 Å². The van der Waals surface area contributed by atoms with Crippen LogP contribution >= 0.6 is 48.0 Å². The molecule has 42 heavy (non-hydrogen) atoms. The van der Waals surface area contributed by atoms with E-state index in [0.29, 0.717) is 44.8 Å². The molecule has 0 aliphatic heterocycles. The Labute approximate surface area is 265 Å². The summed E-state index contributed by atoms with van der Waals surface area (Å²) in [5.41, 5.74) is 2.35. The third-order valence-corrected chi connectivity index (χ3v) is 7.89. The van der Waals surface area contributed by atoms with Gasteiger partial charge in [-0.2, -0.15) is 19.9 Å². The van der Waals surface area contributed by atoms with Crippen LogP contribution in [0.1, 0.15) is 36.8 Å². The standard InChI is InChI=1S/C28H36N10S4/c39-25-33-23(31-17-21-11-5-3-6-12-21)35-27(37-25)41-19-29-15-9-1-2-10-16-30-20-42-28-36-24(34-26(40)38-28)32-18-22-13-7-4-8-14-22/h3-8,11-14,29-30H,1-2,9-10,15-20H2,(H2,31,33,35,37,39)(H2,32,34,36,38,40). The summed E-state index contributed by atoms with van der Waals surface area (Å²) in [6, 6.07) is 20.3. The number of nitrogens with zero attached hydrogens (tertiary/aromatic N) is 4. The maximum Gasteiger partial charge on any atom is 0.205 e. The SMILES string of the molecule is S=c1nc(SCNCCCCCCNCSc2nc(NCc3ccccc3)[nH]c(=S)n2)nc(NCc2ccccc2)[nH]1. The minimum atomic E-state index is 0.426. The summed E-state index contributed by atoms with van der Waals surface area (Å²) < 4.78 is 0.853. The van der Waals surface area contributed by atoms with Crippen LogP contribution in [-0.2, 0) is 13.1 Å². The van der Waals surface area contributed by atoms with Gasteiger partial charge < -0.3 is 31.2 Å². The van der Waals surface area contributed by atoms with E-state index >= 15 is 0 Å². The molecule has 0 saturated carbocycles. The van der Waals surface area contributed by atoms with Crippen molar-refractivity contribution in [1.82, 2.24) is 40.5 Å². The smallest absolute Gasteiger partial charge is 0.205 e. The van der Waals surface area contributed by atoms with E-state index in [1.54, 1.807) is 23.5 Å². The first-order chi connectivity index (χ1) is 20.6. The van der Waals surface area contributed by atoms with Gasteiger partial charge in [0.05, 0.1) is 0 Å². The first-order valence-electron chi connectivity index (χ1n) is 13.8. The third kappa shape index (κ3) is 12.5. The Morgan fingerprint density at radius 2 is 1.00 bits per heavy atom. The van der Waals surface area contributed by atoms with Crippen molar-refractivity contribution in [2.45, 2.75) is 49.1 Å². The lowest BCUT2D eigenvalue weighted by Gasteiger charge is -2.08. The van der Waals surface area contributed by atoms with Crippen molar-refractivity contribution in [1.29, 1.82) is 0 Å². The summed E-state index contributed by atoms with van der Waals surface area (Å²) in [6.45, 7) is 3.26. The molecule has 0 amide bonds. The molecule has 4 aromatic rings. The minimum absolute atomic E-state index is 0.426. The summed E-state index contributed by atoms with van der Waals surface area (Å²) >= 11 is 13.6. The lowest BCUT2D eigenvalue weighted by molar-refractivity contribution is 0.594. The van der Waals surface area contributed by atoms with Crippen LogP contribution in [-0.4, -0.2) is 54.7 Å². The summed E-state index contributed by atoms with van der Waals surface area (Å²) in [5.74, 6) is 2.75. The zero-order valence-electron chi connectivity index (χ0n) is 23.3. The molecule has 10 nitrogen and oxygen atoms in total. The van der Waals surface area contributed by atoms with E-state index in [1.807, 2.05) is 36.4 Å². The summed E-state index contributed by atoms with van der Waals surface area (Å²) in [6.07, 6.45) is 4.62. The number of benzene rings is 2. The number of aromatic nitrogens is 6. The van der Waals surface area contributed by atoms with Crippen LogP contribution in [0.2, 0.25) is 0 Å². The number of hydrogen-bond acceptors (Lipinski definition) is 12. The van der Waals surface area contributed by atoms with Crippen molar-refractivity contribution in [3.63, 3.8) is 0 Å². The Morgan fingerprint density at radius 1 is 0.571 bits per heavy atom. The van der Waals surface area contributed by atoms with Crippen molar-refractivity contribution in [3.8, 4) is 0 Å². The predicted molar refractivity (Wildman–Crippen MR) is 178 cm³/mol. The molecule has 2 heterocycles. The van der Waals surface area contributed by atoms with Gasteiger partial charge in [0.15, 0.2) is 10.3 Å². The van der Waals surface area contributed by atoms with E-state index in [4.69, 9.17) is 24.4 Å². The molecule has 0 atom stereocenters. The lowest BCUT2D eigenvalue weighted by atomic mass is 10.2. The highest BCUT2D eigenvalue weighted by molar-refractivity contribution is 7.99. The highest BCUT2D eigenvalue weighted by Crippen LogP contribution is 2.14. The van der Waals surface area contributed by atoms with E-state index in [1.165, 1.54) is 24.0 Å². The van der Waals surface area contributed by atoms with Gasteiger partial charge in [-0.25, -0.2) is 0 Å². The summed E-state index contributed by atoms with van der Waals surface area (Å²) in [4.78, 5) is 23.7. The first kappa shape index (κ1) is 32.0. The van der Waals surface area contributed by atoms with E-state index < -0.39 is 0 Å². The number of hydrogen-bond donors (Lipinski definition) is 6. The van der Waals surface area contributed by atoms with Crippen molar-refractivity contribution < 1.29 is 0 Å². The van der Waals surface area contributed by atoms with Crippen molar-refractivity contribution >= 4 is 59.9 Å². The topological polar surface area (TPSA) is 131 Å². The van der Waals surface area contributed by atoms with E-state index in [2.05, 4.69) is 75.4 Å². The Bertz CT molecular complexity index is 1340. The quantitative estimate of drug-likeness (QED) is 0.0304. The van der Waals surface area contributed by atoms with Gasteiger partial charge in [-0.05, 0) is 61.5 Å². The minimum Gasteiger partial charge on any atom is -0.352 e. The monoisotopic (exact) mass is 640 g/mol. The van der Waals surface area contributed by atoms with Gasteiger partial charge in [0.1, 0.15) is 0 Å². The fourth-order valence-corrected chi connectivity index (χ4v) is 5.67. The number of nitrogens with one attached hydrogen (secondary N) is 6. The number of H-pyrrole nitrogens is 2. The van der Waals surface area contributed by atoms with E-state index in [0.717, 1.165) is 37.7 Å². The highest BCUT2D eigenvalue weighted by atomic mass is 32.2. The molecular formula is C28H36N10S4. The van der Waals surface area contributed by atoms with Crippen LogP contribution in [0.25, 0.3) is 0 Å². The number of unbranched alkanes of at least 4 members (excludes halogenated alkanes) is 3. The normalized spacial score (nSPS) is 11.0. The second kappa shape index (κ2) is 18.6. The molecule has 0 fully saturated rings. The average Bonchev–Trinajstić information content (AvgIpc) is 3.00. The molecule has 6 N–H and O–H groups in total. The second-order valence-corrected chi connectivity index (χ2v) is 11.9. The highest BCUT2D eigenvalue weighted by Gasteiger charge is 2.04. The molecule has 222 valence electrons. The Kier molecular flexibility index (Phi) is 14.2. The van der Waals surface area contributed by atoms with Gasteiger partial charge >= 0.3 is 0 Å². The summed E-state index contributed by atoms with van der Waals surface area (Å²) in [5, 5.41) is 14.8. The van der Waals surface area contributed by atoms with E-state index in [-0.39, 0.29) is 0 Å². The molecule has 0 bridgehead atoms. The van der Waals surface area contributed by atoms with Gasteiger partial charge in [-0.3, -0.25) is 0 Å². The lowest BCUT2D eigenvalue weighted by Crippen LogP contribution is -2.16. The number of anilines is 2. The maximum absolute atomic E-state index is 5.26. The Morgan fingerprint density at radius 3 is 1.43 bits per heavy atom. The van der Waals surface area contributed by atoms with Crippen LogP contribution in [0, 0.1) is 9.54 Å². The van der Waals surface area contributed by atoms with Crippen molar-refractivity contribution in [2.75, 3.05) is 35.5 Å². The average molecular weight is 641 g/mol.